The lowest BCUT2D eigenvalue weighted by molar-refractivity contribution is -0.222. The van der Waals surface area contributed by atoms with Gasteiger partial charge in [-0.25, -0.2) is 14.4 Å². The monoisotopic (exact) mass is 396 g/mol. The number of cyclic esters (lactones) is 2. The first-order valence-corrected chi connectivity index (χ1v) is 9.01. The Balaban J connectivity index is 1.87. The Morgan fingerprint density at radius 1 is 1.00 bits per heavy atom. The number of carbonyl (C=O) groups excluding carboxylic acids is 3. The van der Waals surface area contributed by atoms with Crippen LogP contribution in [0.3, 0.4) is 0 Å². The molecule has 0 spiro atoms. The summed E-state index contributed by atoms with van der Waals surface area (Å²) in [5.74, 6) is -2.87. The first kappa shape index (κ1) is 20.1. The molecule has 1 saturated heterocycles. The van der Waals surface area contributed by atoms with E-state index in [1.807, 2.05) is 0 Å². The standard InChI is InChI=1S/C22H20O7/c1-4-26-18-13-14(12-16-20(24)28-22(2,3)29-21(16)25)10-11-17(18)27-19(23)15-8-6-5-7-9-15/h5-13H,4H2,1-3H3. The highest BCUT2D eigenvalue weighted by Gasteiger charge is 2.38. The smallest absolute Gasteiger partial charge is 0.348 e. The minimum atomic E-state index is -1.31. The van der Waals surface area contributed by atoms with E-state index in [4.69, 9.17) is 18.9 Å². The fourth-order valence-corrected chi connectivity index (χ4v) is 2.65. The lowest BCUT2D eigenvalue weighted by Gasteiger charge is -2.29. The zero-order valence-electron chi connectivity index (χ0n) is 16.3. The van der Waals surface area contributed by atoms with Gasteiger partial charge in [-0.15, -0.1) is 0 Å². The maximum absolute atomic E-state index is 12.3. The molecule has 0 atom stereocenters. The zero-order valence-corrected chi connectivity index (χ0v) is 16.3. The van der Waals surface area contributed by atoms with E-state index < -0.39 is 23.7 Å². The first-order chi connectivity index (χ1) is 13.8. The minimum absolute atomic E-state index is 0.220. The Labute approximate surface area is 167 Å². The van der Waals surface area contributed by atoms with Gasteiger partial charge < -0.3 is 18.9 Å². The maximum Gasteiger partial charge on any atom is 0.348 e. The molecular formula is C22H20O7. The quantitative estimate of drug-likeness (QED) is 0.331. The summed E-state index contributed by atoms with van der Waals surface area (Å²) in [5, 5.41) is 0. The van der Waals surface area contributed by atoms with Crippen LogP contribution in [0.2, 0.25) is 0 Å². The highest BCUT2D eigenvalue weighted by Crippen LogP contribution is 2.31. The Morgan fingerprint density at radius 3 is 2.28 bits per heavy atom. The third-order valence-electron chi connectivity index (χ3n) is 3.91. The Morgan fingerprint density at radius 2 is 1.66 bits per heavy atom. The van der Waals surface area contributed by atoms with E-state index in [1.54, 1.807) is 49.4 Å². The van der Waals surface area contributed by atoms with Crippen LogP contribution in [0.1, 0.15) is 36.7 Å². The zero-order chi connectivity index (χ0) is 21.0. The fraction of sp³-hybridized carbons (Fsp3) is 0.227. The largest absolute Gasteiger partial charge is 0.490 e. The lowest BCUT2D eigenvalue weighted by Crippen LogP contribution is -2.41. The van der Waals surface area contributed by atoms with Crippen molar-refractivity contribution in [3.8, 4) is 11.5 Å². The van der Waals surface area contributed by atoms with Gasteiger partial charge in [0.15, 0.2) is 11.5 Å². The van der Waals surface area contributed by atoms with E-state index in [0.717, 1.165) is 0 Å². The summed E-state index contributed by atoms with van der Waals surface area (Å²) in [6.45, 7) is 5.06. The van der Waals surface area contributed by atoms with Crippen molar-refractivity contribution in [2.45, 2.75) is 26.6 Å². The second-order valence-corrected chi connectivity index (χ2v) is 6.63. The van der Waals surface area contributed by atoms with Gasteiger partial charge in [0.1, 0.15) is 5.57 Å². The van der Waals surface area contributed by atoms with Crippen LogP contribution in [0, 0.1) is 0 Å². The summed E-state index contributed by atoms with van der Waals surface area (Å²) in [7, 11) is 0. The van der Waals surface area contributed by atoms with Crippen molar-refractivity contribution in [3.05, 3.63) is 65.2 Å². The van der Waals surface area contributed by atoms with Crippen molar-refractivity contribution in [1.82, 2.24) is 0 Å². The number of carbonyl (C=O) groups is 3. The summed E-state index contributed by atoms with van der Waals surface area (Å²) in [6.07, 6.45) is 1.34. The van der Waals surface area contributed by atoms with Gasteiger partial charge in [-0.3, -0.25) is 0 Å². The fourth-order valence-electron chi connectivity index (χ4n) is 2.65. The summed E-state index contributed by atoms with van der Waals surface area (Å²) >= 11 is 0. The highest BCUT2D eigenvalue weighted by molar-refractivity contribution is 6.18. The predicted octanol–water partition coefficient (Wildman–Crippen LogP) is 3.52. The molecule has 7 heteroatoms. The number of ether oxygens (including phenoxy) is 4. The molecule has 7 nitrogen and oxygen atoms in total. The minimum Gasteiger partial charge on any atom is -0.490 e. The van der Waals surface area contributed by atoms with Crippen molar-refractivity contribution in [1.29, 1.82) is 0 Å². The molecule has 0 radical (unpaired) electrons. The second kappa shape index (κ2) is 8.18. The van der Waals surface area contributed by atoms with E-state index in [0.29, 0.717) is 23.5 Å². The number of benzene rings is 2. The Hall–Kier alpha value is -3.61. The van der Waals surface area contributed by atoms with Crippen LogP contribution in [-0.2, 0) is 19.1 Å². The number of hydrogen-bond acceptors (Lipinski definition) is 7. The van der Waals surface area contributed by atoms with E-state index >= 15 is 0 Å². The van der Waals surface area contributed by atoms with Crippen LogP contribution >= 0.6 is 0 Å². The lowest BCUT2D eigenvalue weighted by atomic mass is 10.1. The van der Waals surface area contributed by atoms with Crippen molar-refractivity contribution in [2.24, 2.45) is 0 Å². The second-order valence-electron chi connectivity index (χ2n) is 6.63. The van der Waals surface area contributed by atoms with Crippen LogP contribution in [-0.4, -0.2) is 30.3 Å². The molecule has 3 rings (SSSR count). The SMILES string of the molecule is CCOc1cc(C=C2C(=O)OC(C)(C)OC2=O)ccc1OC(=O)c1ccccc1. The molecule has 0 unspecified atom stereocenters. The summed E-state index contributed by atoms with van der Waals surface area (Å²) in [4.78, 5) is 36.5. The normalized spacial score (nSPS) is 15.2. The molecular weight excluding hydrogens is 376 g/mol. The van der Waals surface area contributed by atoms with Crippen LogP contribution in [0.5, 0.6) is 11.5 Å². The van der Waals surface area contributed by atoms with Gasteiger partial charge in [0.25, 0.3) is 5.79 Å². The van der Waals surface area contributed by atoms with E-state index in [2.05, 4.69) is 0 Å². The van der Waals surface area contributed by atoms with Gasteiger partial charge in [0.2, 0.25) is 0 Å². The van der Waals surface area contributed by atoms with Crippen LogP contribution in [0.25, 0.3) is 6.08 Å². The molecule has 0 N–H and O–H groups in total. The molecule has 1 aliphatic rings. The Bertz CT molecular complexity index is 952. The maximum atomic E-state index is 12.3. The number of esters is 3. The third-order valence-corrected chi connectivity index (χ3v) is 3.91. The van der Waals surface area contributed by atoms with E-state index in [9.17, 15) is 14.4 Å². The summed E-state index contributed by atoms with van der Waals surface area (Å²) in [6, 6.07) is 13.2. The first-order valence-electron chi connectivity index (χ1n) is 9.01. The van der Waals surface area contributed by atoms with Crippen molar-refractivity contribution in [2.75, 3.05) is 6.61 Å². The van der Waals surface area contributed by atoms with Crippen molar-refractivity contribution < 1.29 is 33.3 Å². The molecule has 29 heavy (non-hydrogen) atoms. The van der Waals surface area contributed by atoms with E-state index in [-0.39, 0.29) is 11.3 Å². The third kappa shape index (κ3) is 4.82. The van der Waals surface area contributed by atoms with Gasteiger partial charge in [-0.05, 0) is 42.8 Å². The van der Waals surface area contributed by atoms with Crippen molar-refractivity contribution >= 4 is 24.0 Å². The van der Waals surface area contributed by atoms with Crippen LogP contribution in [0.15, 0.2) is 54.1 Å². The van der Waals surface area contributed by atoms with E-state index in [1.165, 1.54) is 26.0 Å². The molecule has 1 heterocycles. The molecule has 150 valence electrons. The number of rotatable bonds is 5. The molecule has 2 aromatic rings. The van der Waals surface area contributed by atoms with Gasteiger partial charge in [-0.2, -0.15) is 0 Å². The molecule has 1 aliphatic heterocycles. The predicted molar refractivity (Wildman–Crippen MR) is 103 cm³/mol. The number of hydrogen-bond donors (Lipinski definition) is 0. The van der Waals surface area contributed by atoms with Crippen LogP contribution in [0.4, 0.5) is 0 Å². The van der Waals surface area contributed by atoms with Gasteiger partial charge >= 0.3 is 17.9 Å². The molecule has 0 saturated carbocycles. The van der Waals surface area contributed by atoms with Gasteiger partial charge in [-0.1, -0.05) is 24.3 Å². The summed E-state index contributed by atoms with van der Waals surface area (Å²) in [5.41, 5.74) is 0.647. The molecule has 0 amide bonds. The van der Waals surface area contributed by atoms with Crippen LogP contribution < -0.4 is 9.47 Å². The molecule has 0 aromatic heterocycles. The topological polar surface area (TPSA) is 88.1 Å². The molecule has 2 aromatic carbocycles. The van der Waals surface area contributed by atoms with Gasteiger partial charge in [0.05, 0.1) is 12.2 Å². The van der Waals surface area contributed by atoms with Crippen molar-refractivity contribution in [3.63, 3.8) is 0 Å². The average molecular weight is 396 g/mol. The average Bonchev–Trinajstić information content (AvgIpc) is 2.66. The Kier molecular flexibility index (Phi) is 5.68. The molecule has 0 aliphatic carbocycles. The molecule has 1 fully saturated rings. The van der Waals surface area contributed by atoms with Gasteiger partial charge in [0, 0.05) is 13.8 Å². The summed E-state index contributed by atoms with van der Waals surface area (Å²) < 4.78 is 21.1. The highest BCUT2D eigenvalue weighted by atomic mass is 16.7. The molecule has 0 bridgehead atoms.